The molecule has 4 aromatic heterocycles. The summed E-state index contributed by atoms with van der Waals surface area (Å²) in [4.78, 5) is 40.0. The minimum Gasteiger partial charge on any atom is -0.466 e. The van der Waals surface area contributed by atoms with Gasteiger partial charge in [-0.15, -0.1) is 11.3 Å². The molecule has 0 saturated heterocycles. The summed E-state index contributed by atoms with van der Waals surface area (Å²) in [5, 5.41) is 4.68. The molecule has 0 atom stereocenters. The number of hydrogen-bond donors (Lipinski definition) is 0. The summed E-state index contributed by atoms with van der Waals surface area (Å²) in [5.74, 6) is 0.615. The molecule has 9 nitrogen and oxygen atoms in total. The molecule has 0 amide bonds. The SMILES string of the molecule is O=C(CCn1cnc2sc3c(c2c1=O)CCCC3)OCCCc1nc(-c2cccnc2)no1. The number of rotatable bonds is 8. The zero-order valence-corrected chi connectivity index (χ0v) is 18.8. The zero-order chi connectivity index (χ0) is 22.6. The molecule has 5 rings (SSSR count). The minimum absolute atomic E-state index is 0.0620. The number of nitrogens with zero attached hydrogens (tertiary/aromatic N) is 5. The fourth-order valence-corrected chi connectivity index (χ4v) is 5.22. The van der Waals surface area contributed by atoms with E-state index in [-0.39, 0.29) is 31.1 Å². The van der Waals surface area contributed by atoms with Gasteiger partial charge in [-0.2, -0.15) is 4.98 Å². The van der Waals surface area contributed by atoms with E-state index in [0.717, 1.165) is 47.0 Å². The first-order valence-corrected chi connectivity index (χ1v) is 11.9. The van der Waals surface area contributed by atoms with Gasteiger partial charge in [0.1, 0.15) is 4.83 Å². The molecule has 33 heavy (non-hydrogen) atoms. The van der Waals surface area contributed by atoms with Crippen molar-refractivity contribution in [2.45, 2.75) is 51.5 Å². The highest BCUT2D eigenvalue weighted by molar-refractivity contribution is 7.18. The second-order valence-electron chi connectivity index (χ2n) is 7.96. The fourth-order valence-electron chi connectivity index (χ4n) is 4.00. The van der Waals surface area contributed by atoms with E-state index < -0.39 is 0 Å². The normalized spacial score (nSPS) is 13.2. The molecular weight excluding hydrogens is 442 g/mol. The van der Waals surface area contributed by atoms with Gasteiger partial charge in [0.2, 0.25) is 11.7 Å². The monoisotopic (exact) mass is 465 g/mol. The van der Waals surface area contributed by atoms with Crippen LogP contribution >= 0.6 is 11.3 Å². The molecule has 0 radical (unpaired) electrons. The molecule has 4 heterocycles. The number of hydrogen-bond acceptors (Lipinski definition) is 9. The van der Waals surface area contributed by atoms with Crippen LogP contribution < -0.4 is 5.56 Å². The van der Waals surface area contributed by atoms with E-state index in [1.165, 1.54) is 15.8 Å². The van der Waals surface area contributed by atoms with Crippen molar-refractivity contribution in [2.75, 3.05) is 6.61 Å². The van der Waals surface area contributed by atoms with Gasteiger partial charge in [-0.3, -0.25) is 19.1 Å². The Morgan fingerprint density at radius 2 is 2.18 bits per heavy atom. The molecule has 1 aliphatic carbocycles. The van der Waals surface area contributed by atoms with Crippen LogP contribution in [-0.2, 0) is 35.3 Å². The molecule has 0 saturated carbocycles. The summed E-state index contributed by atoms with van der Waals surface area (Å²) >= 11 is 1.62. The Morgan fingerprint density at radius 3 is 3.06 bits per heavy atom. The zero-order valence-electron chi connectivity index (χ0n) is 18.0. The topological polar surface area (TPSA) is 113 Å². The van der Waals surface area contributed by atoms with E-state index in [9.17, 15) is 9.59 Å². The van der Waals surface area contributed by atoms with Crippen molar-refractivity contribution in [2.24, 2.45) is 0 Å². The second-order valence-corrected chi connectivity index (χ2v) is 9.05. The fraction of sp³-hybridized carbons (Fsp3) is 0.391. The van der Waals surface area contributed by atoms with Crippen LogP contribution in [0.3, 0.4) is 0 Å². The molecule has 1 aliphatic rings. The number of thiophene rings is 1. The molecule has 0 aromatic carbocycles. The van der Waals surface area contributed by atoms with E-state index in [1.54, 1.807) is 29.8 Å². The Balaban J connectivity index is 1.11. The van der Waals surface area contributed by atoms with Gasteiger partial charge in [0.05, 0.1) is 24.7 Å². The summed E-state index contributed by atoms with van der Waals surface area (Å²) in [7, 11) is 0. The van der Waals surface area contributed by atoms with Crippen LogP contribution in [0.2, 0.25) is 0 Å². The van der Waals surface area contributed by atoms with Crippen LogP contribution in [0.1, 0.15) is 42.0 Å². The molecule has 170 valence electrons. The lowest BCUT2D eigenvalue weighted by Crippen LogP contribution is -2.23. The first-order chi connectivity index (χ1) is 16.2. The van der Waals surface area contributed by atoms with Crippen LogP contribution in [0.15, 0.2) is 40.2 Å². The third-order valence-corrected chi connectivity index (χ3v) is 6.88. The lowest BCUT2D eigenvalue weighted by molar-refractivity contribution is -0.144. The van der Waals surface area contributed by atoms with Crippen molar-refractivity contribution in [3.8, 4) is 11.4 Å². The largest absolute Gasteiger partial charge is 0.466 e. The van der Waals surface area contributed by atoms with Crippen molar-refractivity contribution in [3.05, 3.63) is 57.5 Å². The summed E-state index contributed by atoms with van der Waals surface area (Å²) < 4.78 is 12.1. The Kier molecular flexibility index (Phi) is 6.25. The van der Waals surface area contributed by atoms with Gasteiger partial charge in [0.25, 0.3) is 5.56 Å². The van der Waals surface area contributed by atoms with E-state index >= 15 is 0 Å². The first-order valence-electron chi connectivity index (χ1n) is 11.1. The third-order valence-electron chi connectivity index (χ3n) is 5.68. The van der Waals surface area contributed by atoms with Crippen molar-refractivity contribution >= 4 is 27.5 Å². The van der Waals surface area contributed by atoms with Gasteiger partial charge in [-0.25, -0.2) is 4.98 Å². The highest BCUT2D eigenvalue weighted by atomic mass is 32.1. The maximum atomic E-state index is 12.9. The van der Waals surface area contributed by atoms with Gasteiger partial charge in [0, 0.05) is 35.8 Å². The van der Waals surface area contributed by atoms with E-state index in [1.807, 2.05) is 6.07 Å². The Bertz CT molecular complexity index is 1330. The van der Waals surface area contributed by atoms with Crippen molar-refractivity contribution in [1.29, 1.82) is 0 Å². The minimum atomic E-state index is -0.351. The van der Waals surface area contributed by atoms with Crippen molar-refractivity contribution in [3.63, 3.8) is 0 Å². The lowest BCUT2D eigenvalue weighted by Gasteiger charge is -2.10. The van der Waals surface area contributed by atoms with Gasteiger partial charge in [0.15, 0.2) is 0 Å². The predicted molar refractivity (Wildman–Crippen MR) is 122 cm³/mol. The predicted octanol–water partition coefficient (Wildman–Crippen LogP) is 3.35. The number of pyridine rings is 1. The molecule has 4 aromatic rings. The number of carbonyl (C=O) groups is 1. The average Bonchev–Trinajstić information content (AvgIpc) is 3.47. The highest BCUT2D eigenvalue weighted by Gasteiger charge is 2.20. The standard InChI is InChI=1S/C23H23N5O4S/c29-19(31-12-4-8-18-26-21(27-32-18)15-5-3-10-24-13-15)9-11-28-14-25-22-20(23(28)30)16-6-1-2-7-17(16)33-22/h3,5,10,13-14H,1-2,4,6-9,11-12H2. The van der Waals surface area contributed by atoms with Crippen LogP contribution in [0.25, 0.3) is 21.6 Å². The summed E-state index contributed by atoms with van der Waals surface area (Å²) in [5.41, 5.74) is 1.88. The molecule has 10 heteroatoms. The Morgan fingerprint density at radius 1 is 1.27 bits per heavy atom. The summed E-state index contributed by atoms with van der Waals surface area (Å²) in [6.07, 6.45) is 10.3. The molecule has 0 N–H and O–H groups in total. The molecule has 0 unspecified atom stereocenters. The number of aromatic nitrogens is 5. The number of aryl methyl sites for hydroxylation is 4. The summed E-state index contributed by atoms with van der Waals surface area (Å²) in [6, 6.07) is 3.66. The Labute approximate surface area is 193 Å². The van der Waals surface area contributed by atoms with Crippen LogP contribution in [0.4, 0.5) is 0 Å². The molecule has 0 bridgehead atoms. The van der Waals surface area contributed by atoms with Crippen molar-refractivity contribution < 1.29 is 14.1 Å². The quantitative estimate of drug-likeness (QED) is 0.288. The average molecular weight is 466 g/mol. The Hall–Kier alpha value is -3.40. The van der Waals surface area contributed by atoms with Gasteiger partial charge < -0.3 is 9.26 Å². The lowest BCUT2D eigenvalue weighted by atomic mass is 9.97. The second kappa shape index (κ2) is 9.62. The molecule has 0 fully saturated rings. The van der Waals surface area contributed by atoms with E-state index in [0.29, 0.717) is 24.6 Å². The summed E-state index contributed by atoms with van der Waals surface area (Å²) in [6.45, 7) is 0.497. The molecular formula is C23H23N5O4S. The van der Waals surface area contributed by atoms with Gasteiger partial charge >= 0.3 is 5.97 Å². The van der Waals surface area contributed by atoms with Gasteiger partial charge in [-0.05, 0) is 49.8 Å². The van der Waals surface area contributed by atoms with E-state index in [2.05, 4.69) is 20.1 Å². The number of carbonyl (C=O) groups excluding carboxylic acids is 1. The number of ether oxygens (including phenoxy) is 1. The molecule has 0 spiro atoms. The first kappa shape index (κ1) is 21.4. The van der Waals surface area contributed by atoms with Crippen LogP contribution in [0.5, 0.6) is 0 Å². The van der Waals surface area contributed by atoms with E-state index in [4.69, 9.17) is 9.26 Å². The van der Waals surface area contributed by atoms with Crippen LogP contribution in [0, 0.1) is 0 Å². The molecule has 0 aliphatic heterocycles. The maximum absolute atomic E-state index is 12.9. The van der Waals surface area contributed by atoms with Crippen molar-refractivity contribution in [1.82, 2.24) is 24.7 Å². The number of fused-ring (bicyclic) bond motifs is 3. The highest BCUT2D eigenvalue weighted by Crippen LogP contribution is 2.33. The maximum Gasteiger partial charge on any atom is 0.307 e. The van der Waals surface area contributed by atoms with Crippen LogP contribution in [-0.4, -0.2) is 37.3 Å². The smallest absolute Gasteiger partial charge is 0.307 e. The number of esters is 1. The van der Waals surface area contributed by atoms with Gasteiger partial charge in [-0.1, -0.05) is 5.16 Å². The third kappa shape index (κ3) is 4.70.